The van der Waals surface area contributed by atoms with Crippen molar-refractivity contribution < 1.29 is 13.2 Å². The highest BCUT2D eigenvalue weighted by Gasteiger charge is 2.31. The molecule has 0 aliphatic heterocycles. The third-order valence-corrected chi connectivity index (χ3v) is 4.37. The van der Waals surface area contributed by atoms with Crippen molar-refractivity contribution in [3.05, 3.63) is 50.7 Å². The standard InChI is InChI=1S/C14H13ClF3NS/c1-8-3-6-13(20-8)9(2)19-12-7-10(14(16,17)18)4-5-11(12)15/h3-7,9,19H,1-2H3. The molecule has 0 amide bonds. The van der Waals surface area contributed by atoms with Crippen molar-refractivity contribution in [3.63, 3.8) is 0 Å². The van der Waals surface area contributed by atoms with E-state index in [2.05, 4.69) is 5.32 Å². The van der Waals surface area contributed by atoms with Crippen LogP contribution in [0.15, 0.2) is 30.3 Å². The third kappa shape index (κ3) is 3.46. The van der Waals surface area contributed by atoms with Gasteiger partial charge in [0.15, 0.2) is 0 Å². The highest BCUT2D eigenvalue weighted by atomic mass is 35.5. The Kier molecular flexibility index (Phi) is 4.30. The van der Waals surface area contributed by atoms with E-state index in [1.165, 1.54) is 6.07 Å². The lowest BCUT2D eigenvalue weighted by atomic mass is 10.1. The Labute approximate surface area is 124 Å². The Hall–Kier alpha value is -1.20. The summed E-state index contributed by atoms with van der Waals surface area (Å²) in [5, 5.41) is 3.31. The zero-order valence-corrected chi connectivity index (χ0v) is 12.5. The molecule has 0 aliphatic rings. The van der Waals surface area contributed by atoms with E-state index >= 15 is 0 Å². The van der Waals surface area contributed by atoms with Gasteiger partial charge in [0.05, 0.1) is 22.3 Å². The Morgan fingerprint density at radius 3 is 2.45 bits per heavy atom. The molecule has 1 heterocycles. The first kappa shape index (κ1) is 15.2. The van der Waals surface area contributed by atoms with Crippen LogP contribution < -0.4 is 5.32 Å². The Morgan fingerprint density at radius 1 is 1.20 bits per heavy atom. The zero-order chi connectivity index (χ0) is 14.9. The van der Waals surface area contributed by atoms with Gasteiger partial charge in [0, 0.05) is 9.75 Å². The summed E-state index contributed by atoms with van der Waals surface area (Å²) in [5.74, 6) is 0. The summed E-state index contributed by atoms with van der Waals surface area (Å²) in [5.41, 5.74) is -0.418. The number of alkyl halides is 3. The van der Waals surface area contributed by atoms with Crippen molar-refractivity contribution >= 4 is 28.6 Å². The monoisotopic (exact) mass is 319 g/mol. The SMILES string of the molecule is Cc1ccc(C(C)Nc2cc(C(F)(F)F)ccc2Cl)s1. The maximum absolute atomic E-state index is 12.7. The maximum Gasteiger partial charge on any atom is 0.416 e. The van der Waals surface area contributed by atoms with Gasteiger partial charge in [-0.25, -0.2) is 0 Å². The first-order chi connectivity index (χ1) is 9.27. The van der Waals surface area contributed by atoms with Crippen molar-refractivity contribution in [2.24, 2.45) is 0 Å². The summed E-state index contributed by atoms with van der Waals surface area (Å²) >= 11 is 7.56. The lowest BCUT2D eigenvalue weighted by Crippen LogP contribution is -2.09. The van der Waals surface area contributed by atoms with Crippen LogP contribution in [0.3, 0.4) is 0 Å². The van der Waals surface area contributed by atoms with Crippen LogP contribution in [0.1, 0.15) is 28.3 Å². The van der Waals surface area contributed by atoms with Gasteiger partial charge in [0.25, 0.3) is 0 Å². The van der Waals surface area contributed by atoms with Crippen LogP contribution >= 0.6 is 22.9 Å². The largest absolute Gasteiger partial charge is 0.416 e. The number of aryl methyl sites for hydroxylation is 1. The van der Waals surface area contributed by atoms with Crippen LogP contribution in [-0.4, -0.2) is 0 Å². The molecule has 2 aromatic rings. The van der Waals surface area contributed by atoms with Gasteiger partial charge in [-0.1, -0.05) is 11.6 Å². The third-order valence-electron chi connectivity index (χ3n) is 2.85. The molecule has 0 bridgehead atoms. The van der Waals surface area contributed by atoms with E-state index in [0.29, 0.717) is 5.69 Å². The van der Waals surface area contributed by atoms with Gasteiger partial charge in [0.2, 0.25) is 0 Å². The van der Waals surface area contributed by atoms with Gasteiger partial charge < -0.3 is 5.32 Å². The van der Waals surface area contributed by atoms with E-state index in [0.717, 1.165) is 21.9 Å². The lowest BCUT2D eigenvalue weighted by molar-refractivity contribution is -0.137. The molecule has 1 atom stereocenters. The average Bonchev–Trinajstić information content (AvgIpc) is 2.77. The minimum absolute atomic E-state index is 0.102. The molecule has 0 saturated carbocycles. The number of benzene rings is 1. The molecule has 1 N–H and O–H groups in total. The van der Waals surface area contributed by atoms with Crippen molar-refractivity contribution in [2.45, 2.75) is 26.1 Å². The van der Waals surface area contributed by atoms with Crippen LogP contribution in [-0.2, 0) is 6.18 Å². The molecule has 0 spiro atoms. The number of anilines is 1. The predicted octanol–water partition coefficient (Wildman–Crippen LogP) is 5.90. The summed E-state index contributed by atoms with van der Waals surface area (Å²) in [6.07, 6.45) is -4.37. The number of halogens is 4. The molecular weight excluding hydrogens is 307 g/mol. The van der Waals surface area contributed by atoms with Gasteiger partial charge >= 0.3 is 6.18 Å². The molecule has 0 radical (unpaired) electrons. The number of hydrogen-bond donors (Lipinski definition) is 1. The minimum atomic E-state index is -4.37. The summed E-state index contributed by atoms with van der Waals surface area (Å²) in [7, 11) is 0. The number of hydrogen-bond acceptors (Lipinski definition) is 2. The number of thiophene rings is 1. The normalized spacial score (nSPS) is 13.3. The molecule has 1 unspecified atom stereocenters. The van der Waals surface area contributed by atoms with Gasteiger partial charge in [-0.15, -0.1) is 11.3 Å². The summed E-state index contributed by atoms with van der Waals surface area (Å²) in [4.78, 5) is 2.21. The molecule has 20 heavy (non-hydrogen) atoms. The zero-order valence-electron chi connectivity index (χ0n) is 10.9. The highest BCUT2D eigenvalue weighted by Crippen LogP contribution is 2.35. The first-order valence-corrected chi connectivity index (χ1v) is 7.16. The second-order valence-corrected chi connectivity index (χ2v) is 6.23. The van der Waals surface area contributed by atoms with Crippen LogP contribution in [0, 0.1) is 6.92 Å². The van der Waals surface area contributed by atoms with Gasteiger partial charge in [-0.2, -0.15) is 13.2 Å². The van der Waals surface area contributed by atoms with E-state index in [9.17, 15) is 13.2 Å². The Balaban J connectivity index is 2.24. The maximum atomic E-state index is 12.7. The Bertz CT molecular complexity index is 607. The molecule has 1 aromatic heterocycles. The molecule has 0 fully saturated rings. The second-order valence-electron chi connectivity index (χ2n) is 4.51. The van der Waals surface area contributed by atoms with Crippen molar-refractivity contribution in [2.75, 3.05) is 5.32 Å². The van der Waals surface area contributed by atoms with E-state index in [1.54, 1.807) is 11.3 Å². The van der Waals surface area contributed by atoms with E-state index in [1.807, 2.05) is 26.0 Å². The van der Waals surface area contributed by atoms with E-state index in [4.69, 9.17) is 11.6 Å². The molecular formula is C14H13ClF3NS. The van der Waals surface area contributed by atoms with Gasteiger partial charge in [0.1, 0.15) is 0 Å². The van der Waals surface area contributed by atoms with Gasteiger partial charge in [-0.05, 0) is 44.2 Å². The predicted molar refractivity (Wildman–Crippen MR) is 77.5 cm³/mol. The number of nitrogens with one attached hydrogen (secondary N) is 1. The van der Waals surface area contributed by atoms with Crippen molar-refractivity contribution in [1.29, 1.82) is 0 Å². The summed E-state index contributed by atoms with van der Waals surface area (Å²) in [6.45, 7) is 3.88. The molecule has 0 aliphatic carbocycles. The fourth-order valence-corrected chi connectivity index (χ4v) is 2.85. The van der Waals surface area contributed by atoms with Crippen LogP contribution in [0.25, 0.3) is 0 Å². The molecule has 0 saturated heterocycles. The van der Waals surface area contributed by atoms with Crippen molar-refractivity contribution in [1.82, 2.24) is 0 Å². The molecule has 1 nitrogen and oxygen atoms in total. The first-order valence-electron chi connectivity index (χ1n) is 5.97. The van der Waals surface area contributed by atoms with Crippen LogP contribution in [0.5, 0.6) is 0 Å². The lowest BCUT2D eigenvalue weighted by Gasteiger charge is -2.17. The molecule has 1 aromatic carbocycles. The molecule has 108 valence electrons. The van der Waals surface area contributed by atoms with Crippen molar-refractivity contribution in [3.8, 4) is 0 Å². The molecule has 6 heteroatoms. The minimum Gasteiger partial charge on any atom is -0.376 e. The highest BCUT2D eigenvalue weighted by molar-refractivity contribution is 7.12. The van der Waals surface area contributed by atoms with Gasteiger partial charge in [-0.3, -0.25) is 0 Å². The molecule has 2 rings (SSSR count). The van der Waals surface area contributed by atoms with Crippen LogP contribution in [0.2, 0.25) is 5.02 Å². The topological polar surface area (TPSA) is 12.0 Å². The summed E-state index contributed by atoms with van der Waals surface area (Å²) < 4.78 is 38.1. The van der Waals surface area contributed by atoms with Crippen LogP contribution in [0.4, 0.5) is 18.9 Å². The average molecular weight is 320 g/mol. The summed E-state index contributed by atoms with van der Waals surface area (Å²) in [6, 6.07) is 7.12. The fraction of sp³-hybridized carbons (Fsp3) is 0.286. The fourth-order valence-electron chi connectivity index (χ4n) is 1.80. The smallest absolute Gasteiger partial charge is 0.376 e. The van der Waals surface area contributed by atoms with E-state index < -0.39 is 11.7 Å². The van der Waals surface area contributed by atoms with E-state index in [-0.39, 0.29) is 11.1 Å². The second kappa shape index (κ2) is 5.66. The Morgan fingerprint density at radius 2 is 1.90 bits per heavy atom. The quantitative estimate of drug-likeness (QED) is 0.742. The number of rotatable bonds is 3.